The average molecular weight is 344 g/mol. The first-order valence-electron chi connectivity index (χ1n) is 4.98. The Labute approximate surface area is 110 Å². The fraction of sp³-hybridized carbons (Fsp3) is 0.300. The molecule has 0 saturated heterocycles. The van der Waals surface area contributed by atoms with Crippen LogP contribution in [0.5, 0.6) is 0 Å². The van der Waals surface area contributed by atoms with Gasteiger partial charge in [0.1, 0.15) is 5.82 Å². The van der Waals surface area contributed by atoms with Gasteiger partial charge in [-0.2, -0.15) is 0 Å². The van der Waals surface area contributed by atoms with Crippen molar-refractivity contribution >= 4 is 39.7 Å². The van der Waals surface area contributed by atoms with Crippen LogP contribution in [-0.2, 0) is 0 Å². The van der Waals surface area contributed by atoms with Gasteiger partial charge in [0, 0.05) is 17.5 Å². The summed E-state index contributed by atoms with van der Waals surface area (Å²) in [5, 5.41) is 2.76. The Balaban J connectivity index is 2.13. The van der Waals surface area contributed by atoms with E-state index in [1.54, 1.807) is 6.20 Å². The number of aromatic nitrogens is 3. The molecule has 2 aromatic heterocycles. The van der Waals surface area contributed by atoms with Crippen LogP contribution in [0, 0.1) is 3.57 Å². The standard InChI is InChI=1S/C10H9IN4S/c11-6-7(5-1-2-5)14-9(15-8(6)12)10-13-3-4-16-10/h3-5H,1-2H2,(H2,12,14,15). The monoisotopic (exact) mass is 344 g/mol. The summed E-state index contributed by atoms with van der Waals surface area (Å²) in [4.78, 5) is 13.1. The molecule has 0 amide bonds. The molecule has 1 aliphatic rings. The highest BCUT2D eigenvalue weighted by Crippen LogP contribution is 2.42. The van der Waals surface area contributed by atoms with Crippen LogP contribution in [0.1, 0.15) is 24.5 Å². The minimum Gasteiger partial charge on any atom is -0.383 e. The van der Waals surface area contributed by atoms with E-state index in [9.17, 15) is 0 Å². The molecule has 0 spiro atoms. The lowest BCUT2D eigenvalue weighted by molar-refractivity contribution is 0.981. The van der Waals surface area contributed by atoms with Crippen molar-refractivity contribution < 1.29 is 0 Å². The molecular formula is C10H9IN4S. The first-order valence-corrected chi connectivity index (χ1v) is 6.94. The summed E-state index contributed by atoms with van der Waals surface area (Å²) in [5.41, 5.74) is 7.01. The predicted octanol–water partition coefficient (Wildman–Crippen LogP) is 2.66. The van der Waals surface area contributed by atoms with Crippen molar-refractivity contribution in [2.75, 3.05) is 5.73 Å². The Morgan fingerprint density at radius 2 is 2.19 bits per heavy atom. The molecule has 0 aromatic carbocycles. The molecule has 1 saturated carbocycles. The summed E-state index contributed by atoms with van der Waals surface area (Å²) in [5.74, 6) is 1.81. The van der Waals surface area contributed by atoms with Gasteiger partial charge >= 0.3 is 0 Å². The van der Waals surface area contributed by atoms with Crippen LogP contribution in [0.15, 0.2) is 11.6 Å². The highest BCUT2D eigenvalue weighted by molar-refractivity contribution is 14.1. The van der Waals surface area contributed by atoms with Gasteiger partial charge in [0.15, 0.2) is 10.8 Å². The Morgan fingerprint density at radius 3 is 2.81 bits per heavy atom. The molecule has 4 nitrogen and oxygen atoms in total. The molecule has 82 valence electrons. The van der Waals surface area contributed by atoms with Crippen LogP contribution in [0.4, 0.5) is 5.82 Å². The third-order valence-corrected chi connectivity index (χ3v) is 4.36. The zero-order valence-corrected chi connectivity index (χ0v) is 11.3. The van der Waals surface area contributed by atoms with Gasteiger partial charge in [-0.3, -0.25) is 0 Å². The molecule has 0 atom stereocenters. The third-order valence-electron chi connectivity index (χ3n) is 2.49. The van der Waals surface area contributed by atoms with E-state index in [-0.39, 0.29) is 0 Å². The van der Waals surface area contributed by atoms with Crippen molar-refractivity contribution in [3.05, 3.63) is 20.8 Å². The van der Waals surface area contributed by atoms with Crippen LogP contribution in [0.25, 0.3) is 10.8 Å². The minimum absolute atomic E-state index is 0.572. The molecule has 2 heterocycles. The van der Waals surface area contributed by atoms with Crippen LogP contribution < -0.4 is 5.73 Å². The Morgan fingerprint density at radius 1 is 1.38 bits per heavy atom. The third kappa shape index (κ3) is 1.80. The molecule has 16 heavy (non-hydrogen) atoms. The molecule has 6 heteroatoms. The first-order chi connectivity index (χ1) is 7.75. The van der Waals surface area contributed by atoms with Gasteiger partial charge in [-0.25, -0.2) is 15.0 Å². The molecule has 2 N–H and O–H groups in total. The minimum atomic E-state index is 0.572. The Kier molecular flexibility index (Phi) is 2.55. The van der Waals surface area contributed by atoms with E-state index in [2.05, 4.69) is 37.5 Å². The largest absolute Gasteiger partial charge is 0.383 e. The predicted molar refractivity (Wildman–Crippen MR) is 72.2 cm³/mol. The zero-order valence-electron chi connectivity index (χ0n) is 8.35. The number of thiazole rings is 1. The van der Waals surface area contributed by atoms with Crippen LogP contribution in [0.2, 0.25) is 0 Å². The molecule has 0 unspecified atom stereocenters. The summed E-state index contributed by atoms with van der Waals surface area (Å²) in [7, 11) is 0. The molecule has 1 aliphatic carbocycles. The van der Waals surface area contributed by atoms with E-state index < -0.39 is 0 Å². The fourth-order valence-electron chi connectivity index (χ4n) is 1.54. The Bertz CT molecular complexity index is 522. The molecular weight excluding hydrogens is 335 g/mol. The second-order valence-electron chi connectivity index (χ2n) is 3.74. The van der Waals surface area contributed by atoms with Gasteiger partial charge in [-0.1, -0.05) is 0 Å². The number of halogens is 1. The lowest BCUT2D eigenvalue weighted by Crippen LogP contribution is -2.04. The fourth-order valence-corrected chi connectivity index (χ4v) is 2.79. The maximum atomic E-state index is 5.91. The number of hydrogen-bond acceptors (Lipinski definition) is 5. The molecule has 0 radical (unpaired) electrons. The van der Waals surface area contributed by atoms with Crippen molar-refractivity contribution in [1.82, 2.24) is 15.0 Å². The quantitative estimate of drug-likeness (QED) is 0.851. The van der Waals surface area contributed by atoms with Crippen molar-refractivity contribution in [2.24, 2.45) is 0 Å². The second kappa shape index (κ2) is 3.92. The average Bonchev–Trinajstić information content (AvgIpc) is 2.96. The van der Waals surface area contributed by atoms with Gasteiger partial charge in [-0.15, -0.1) is 11.3 Å². The SMILES string of the molecule is Nc1nc(-c2nccs2)nc(C2CC2)c1I. The lowest BCUT2D eigenvalue weighted by Gasteiger charge is -2.06. The maximum absolute atomic E-state index is 5.91. The van der Waals surface area contributed by atoms with Crippen molar-refractivity contribution in [3.8, 4) is 10.8 Å². The van der Waals surface area contributed by atoms with Gasteiger partial charge in [-0.05, 0) is 35.4 Å². The van der Waals surface area contributed by atoms with E-state index in [0.29, 0.717) is 17.6 Å². The summed E-state index contributed by atoms with van der Waals surface area (Å²) in [6.45, 7) is 0. The topological polar surface area (TPSA) is 64.7 Å². The summed E-state index contributed by atoms with van der Waals surface area (Å²) >= 11 is 3.76. The van der Waals surface area contributed by atoms with Gasteiger partial charge in [0.05, 0.1) is 9.26 Å². The number of hydrogen-bond donors (Lipinski definition) is 1. The number of rotatable bonds is 2. The summed E-state index contributed by atoms with van der Waals surface area (Å²) in [6.07, 6.45) is 4.18. The molecule has 2 aromatic rings. The van der Waals surface area contributed by atoms with E-state index in [0.717, 1.165) is 14.3 Å². The van der Waals surface area contributed by atoms with Gasteiger partial charge < -0.3 is 5.73 Å². The molecule has 3 rings (SSSR count). The zero-order chi connectivity index (χ0) is 11.1. The molecule has 0 bridgehead atoms. The summed E-state index contributed by atoms with van der Waals surface area (Å²) < 4.78 is 1.00. The lowest BCUT2D eigenvalue weighted by atomic mass is 10.3. The number of nitrogen functional groups attached to an aromatic ring is 1. The van der Waals surface area contributed by atoms with E-state index >= 15 is 0 Å². The highest BCUT2D eigenvalue weighted by atomic mass is 127. The number of nitrogens with two attached hydrogens (primary N) is 1. The van der Waals surface area contributed by atoms with Crippen molar-refractivity contribution in [1.29, 1.82) is 0 Å². The van der Waals surface area contributed by atoms with Crippen LogP contribution in [-0.4, -0.2) is 15.0 Å². The molecule has 0 aliphatic heterocycles. The van der Waals surface area contributed by atoms with Gasteiger partial charge in [0.2, 0.25) is 0 Å². The molecule has 1 fully saturated rings. The first kappa shape index (κ1) is 10.4. The number of nitrogens with zero attached hydrogens (tertiary/aromatic N) is 3. The summed E-state index contributed by atoms with van der Waals surface area (Å²) in [6, 6.07) is 0. The van der Waals surface area contributed by atoms with E-state index in [4.69, 9.17) is 5.73 Å². The maximum Gasteiger partial charge on any atom is 0.190 e. The second-order valence-corrected chi connectivity index (χ2v) is 5.72. The highest BCUT2D eigenvalue weighted by Gasteiger charge is 2.29. The van der Waals surface area contributed by atoms with Crippen molar-refractivity contribution in [2.45, 2.75) is 18.8 Å². The van der Waals surface area contributed by atoms with Gasteiger partial charge in [0.25, 0.3) is 0 Å². The van der Waals surface area contributed by atoms with E-state index in [1.807, 2.05) is 5.38 Å². The van der Waals surface area contributed by atoms with Crippen LogP contribution in [0.3, 0.4) is 0 Å². The number of anilines is 1. The van der Waals surface area contributed by atoms with Crippen molar-refractivity contribution in [3.63, 3.8) is 0 Å². The van der Waals surface area contributed by atoms with Crippen LogP contribution >= 0.6 is 33.9 Å². The smallest absolute Gasteiger partial charge is 0.190 e. The Hall–Kier alpha value is -0.760. The van der Waals surface area contributed by atoms with E-state index in [1.165, 1.54) is 24.2 Å². The normalized spacial score (nSPS) is 15.3.